The second-order valence-electron chi connectivity index (χ2n) is 5.44. The first-order chi connectivity index (χ1) is 11.1. The fraction of sp³-hybridized carbons (Fsp3) is 0.222. The summed E-state index contributed by atoms with van der Waals surface area (Å²) in [6.07, 6.45) is 0.936. The van der Waals surface area contributed by atoms with E-state index in [1.807, 2.05) is 54.3 Å². The van der Waals surface area contributed by atoms with E-state index in [0.29, 0.717) is 10.9 Å². The summed E-state index contributed by atoms with van der Waals surface area (Å²) in [6.45, 7) is 2.68. The van der Waals surface area contributed by atoms with E-state index in [9.17, 15) is 4.79 Å². The normalized spacial score (nSPS) is 12.7. The van der Waals surface area contributed by atoms with Crippen LogP contribution >= 0.6 is 12.2 Å². The molecule has 1 N–H and O–H groups in total. The van der Waals surface area contributed by atoms with Crippen LogP contribution in [-0.4, -0.2) is 24.2 Å². The average molecular weight is 326 g/mol. The molecule has 0 unspecified atom stereocenters. The Kier molecular flexibility index (Phi) is 4.57. The van der Waals surface area contributed by atoms with Crippen LogP contribution in [0.4, 0.5) is 5.69 Å². The summed E-state index contributed by atoms with van der Waals surface area (Å²) in [5.74, 6) is 0.461. The number of nitrogens with one attached hydrogen (secondary N) is 1. The maximum absolute atomic E-state index is 12.1. The molecule has 0 saturated carbocycles. The zero-order valence-corrected chi connectivity index (χ0v) is 13.7. The maximum Gasteiger partial charge on any atom is 0.264 e. The van der Waals surface area contributed by atoms with Gasteiger partial charge in [-0.2, -0.15) is 0 Å². The summed E-state index contributed by atoms with van der Waals surface area (Å²) in [5.41, 5.74) is 3.31. The minimum Gasteiger partial charge on any atom is -0.483 e. The summed E-state index contributed by atoms with van der Waals surface area (Å²) in [7, 11) is 0. The van der Waals surface area contributed by atoms with Gasteiger partial charge in [0.1, 0.15) is 5.75 Å². The molecule has 0 fully saturated rings. The standard InChI is InChI=1S/C18H18N2O2S/c1-13-6-2-5-9-16(13)22-12-17(21)19-18(23)20-11-10-14-7-3-4-8-15(14)20/h2-9H,10-12H2,1H3,(H,19,21,23). The fourth-order valence-electron chi connectivity index (χ4n) is 2.63. The molecule has 2 aromatic rings. The number of anilines is 1. The lowest BCUT2D eigenvalue weighted by Gasteiger charge is -2.20. The third-order valence-corrected chi connectivity index (χ3v) is 4.15. The van der Waals surface area contributed by atoms with Gasteiger partial charge in [-0.05, 0) is 48.8 Å². The summed E-state index contributed by atoms with van der Waals surface area (Å²) in [6, 6.07) is 15.7. The number of ether oxygens (including phenoxy) is 1. The monoisotopic (exact) mass is 326 g/mol. The van der Waals surface area contributed by atoms with Crippen molar-refractivity contribution < 1.29 is 9.53 Å². The summed E-state index contributed by atoms with van der Waals surface area (Å²) < 4.78 is 5.54. The van der Waals surface area contributed by atoms with Crippen molar-refractivity contribution in [2.75, 3.05) is 18.1 Å². The Hall–Kier alpha value is -2.40. The summed E-state index contributed by atoms with van der Waals surface area (Å²) in [4.78, 5) is 14.0. The molecule has 23 heavy (non-hydrogen) atoms. The van der Waals surface area contributed by atoms with Gasteiger partial charge in [-0.3, -0.25) is 10.1 Å². The van der Waals surface area contributed by atoms with Crippen LogP contribution in [0.3, 0.4) is 0 Å². The van der Waals surface area contributed by atoms with Crippen molar-refractivity contribution in [2.24, 2.45) is 0 Å². The second-order valence-corrected chi connectivity index (χ2v) is 5.82. The number of aryl methyl sites for hydroxylation is 1. The first kappa shape index (κ1) is 15.5. The number of amides is 1. The van der Waals surface area contributed by atoms with Crippen molar-refractivity contribution in [3.63, 3.8) is 0 Å². The molecule has 0 saturated heterocycles. The lowest BCUT2D eigenvalue weighted by atomic mass is 10.2. The third-order valence-electron chi connectivity index (χ3n) is 3.83. The van der Waals surface area contributed by atoms with Crippen LogP contribution in [0.15, 0.2) is 48.5 Å². The lowest BCUT2D eigenvalue weighted by molar-refractivity contribution is -0.121. The highest BCUT2D eigenvalue weighted by Crippen LogP contribution is 2.27. The molecule has 1 heterocycles. The number of carbonyl (C=O) groups is 1. The topological polar surface area (TPSA) is 41.6 Å². The number of thiocarbonyl (C=S) groups is 1. The molecule has 3 rings (SSSR count). The predicted octanol–water partition coefficient (Wildman–Crippen LogP) is 2.84. The van der Waals surface area contributed by atoms with E-state index >= 15 is 0 Å². The number of rotatable bonds is 3. The molecule has 0 aliphatic carbocycles. The minimum absolute atomic E-state index is 0.0551. The van der Waals surface area contributed by atoms with Crippen molar-refractivity contribution in [1.82, 2.24) is 5.32 Å². The Balaban J connectivity index is 1.56. The Morgan fingerprint density at radius 3 is 2.78 bits per heavy atom. The van der Waals surface area contributed by atoms with Gasteiger partial charge in [0.25, 0.3) is 5.91 Å². The van der Waals surface area contributed by atoms with Crippen molar-refractivity contribution in [2.45, 2.75) is 13.3 Å². The number of hydrogen-bond acceptors (Lipinski definition) is 3. The van der Waals surface area contributed by atoms with Crippen LogP contribution in [0.1, 0.15) is 11.1 Å². The van der Waals surface area contributed by atoms with Crippen LogP contribution in [0.25, 0.3) is 0 Å². The second kappa shape index (κ2) is 6.79. The number of carbonyl (C=O) groups excluding carboxylic acids is 1. The number of fused-ring (bicyclic) bond motifs is 1. The molecular weight excluding hydrogens is 308 g/mol. The molecule has 0 aromatic heterocycles. The zero-order chi connectivity index (χ0) is 16.2. The van der Waals surface area contributed by atoms with E-state index in [1.165, 1.54) is 5.56 Å². The van der Waals surface area contributed by atoms with Crippen molar-refractivity contribution in [3.05, 3.63) is 59.7 Å². The van der Waals surface area contributed by atoms with E-state index in [4.69, 9.17) is 17.0 Å². The Labute approximate surface area is 141 Å². The van der Waals surface area contributed by atoms with Gasteiger partial charge in [-0.1, -0.05) is 36.4 Å². The highest BCUT2D eigenvalue weighted by Gasteiger charge is 2.22. The highest BCUT2D eigenvalue weighted by molar-refractivity contribution is 7.80. The van der Waals surface area contributed by atoms with E-state index < -0.39 is 0 Å². The molecule has 0 radical (unpaired) electrons. The Morgan fingerprint density at radius 1 is 1.22 bits per heavy atom. The maximum atomic E-state index is 12.1. The molecule has 2 aromatic carbocycles. The van der Waals surface area contributed by atoms with Crippen LogP contribution < -0.4 is 15.0 Å². The Morgan fingerprint density at radius 2 is 1.96 bits per heavy atom. The van der Waals surface area contributed by atoms with Gasteiger partial charge in [0.2, 0.25) is 0 Å². The van der Waals surface area contributed by atoms with Crippen molar-refractivity contribution in [1.29, 1.82) is 0 Å². The minimum atomic E-state index is -0.248. The van der Waals surface area contributed by atoms with Gasteiger partial charge in [-0.15, -0.1) is 0 Å². The fourth-order valence-corrected chi connectivity index (χ4v) is 2.94. The molecule has 1 aliphatic heterocycles. The molecule has 1 aliphatic rings. The van der Waals surface area contributed by atoms with E-state index in [-0.39, 0.29) is 12.5 Å². The molecule has 1 amide bonds. The van der Waals surface area contributed by atoms with Crippen LogP contribution in [0.5, 0.6) is 5.75 Å². The highest BCUT2D eigenvalue weighted by atomic mass is 32.1. The van der Waals surface area contributed by atoms with E-state index in [0.717, 1.165) is 24.2 Å². The van der Waals surface area contributed by atoms with Crippen molar-refractivity contribution >= 4 is 28.9 Å². The average Bonchev–Trinajstić information content (AvgIpc) is 2.98. The van der Waals surface area contributed by atoms with Crippen LogP contribution in [-0.2, 0) is 11.2 Å². The smallest absolute Gasteiger partial charge is 0.264 e. The largest absolute Gasteiger partial charge is 0.483 e. The number of para-hydroxylation sites is 2. The Bertz CT molecular complexity index is 745. The number of hydrogen-bond donors (Lipinski definition) is 1. The third kappa shape index (κ3) is 3.51. The van der Waals surface area contributed by atoms with Gasteiger partial charge in [0, 0.05) is 12.2 Å². The lowest BCUT2D eigenvalue weighted by Crippen LogP contribution is -2.43. The first-order valence-corrected chi connectivity index (χ1v) is 7.93. The van der Waals surface area contributed by atoms with Gasteiger partial charge >= 0.3 is 0 Å². The summed E-state index contributed by atoms with van der Waals surface area (Å²) >= 11 is 5.36. The molecule has 4 nitrogen and oxygen atoms in total. The van der Waals surface area contributed by atoms with Crippen molar-refractivity contribution in [3.8, 4) is 5.75 Å². The molecule has 0 atom stereocenters. The predicted molar refractivity (Wildman–Crippen MR) is 94.9 cm³/mol. The van der Waals surface area contributed by atoms with Crippen LogP contribution in [0.2, 0.25) is 0 Å². The van der Waals surface area contributed by atoms with E-state index in [1.54, 1.807) is 0 Å². The molecule has 0 bridgehead atoms. The number of nitrogens with zero attached hydrogens (tertiary/aromatic N) is 1. The number of benzene rings is 2. The zero-order valence-electron chi connectivity index (χ0n) is 12.9. The molecule has 118 valence electrons. The molecule has 5 heteroatoms. The molecular formula is C18H18N2O2S. The van der Waals surface area contributed by atoms with Gasteiger partial charge < -0.3 is 9.64 Å². The van der Waals surface area contributed by atoms with Crippen LogP contribution in [0, 0.1) is 6.92 Å². The first-order valence-electron chi connectivity index (χ1n) is 7.53. The van der Waals surface area contributed by atoms with Gasteiger partial charge in [0.05, 0.1) is 0 Å². The van der Waals surface area contributed by atoms with Gasteiger partial charge in [-0.25, -0.2) is 0 Å². The summed E-state index contributed by atoms with van der Waals surface area (Å²) in [5, 5.41) is 3.17. The van der Waals surface area contributed by atoms with E-state index in [2.05, 4.69) is 11.4 Å². The SMILES string of the molecule is Cc1ccccc1OCC(=O)NC(=S)N1CCc2ccccc21. The quantitative estimate of drug-likeness (QED) is 0.881. The van der Waals surface area contributed by atoms with Gasteiger partial charge in [0.15, 0.2) is 11.7 Å². The molecule has 0 spiro atoms.